The standard InChI is InChI=1S/C37H40N2S/c38-23-24-17-28(25-9-2-1-3-10-25)20-29(18-24)26-11-8-12-27(19-26)30-21-32-31-13-4-5-14-33(31)39-34-15-6-7-16-35(34)40-36(22-30)37(32)39/h1-3,8-12,17-20,30-37H,4-7,13-16,21-22H2. The number of thioether (sulfide) groups is 1. The Labute approximate surface area is 244 Å². The van der Waals surface area contributed by atoms with Crippen LogP contribution in [-0.2, 0) is 0 Å². The first kappa shape index (κ1) is 25.2. The summed E-state index contributed by atoms with van der Waals surface area (Å²) in [5.74, 6) is 2.45. The highest BCUT2D eigenvalue weighted by molar-refractivity contribution is 8.00. The zero-order valence-electron chi connectivity index (χ0n) is 23.4. The zero-order valence-corrected chi connectivity index (χ0v) is 24.2. The highest BCUT2D eigenvalue weighted by Crippen LogP contribution is 2.60. The van der Waals surface area contributed by atoms with Crippen molar-refractivity contribution in [3.63, 3.8) is 0 Å². The summed E-state index contributed by atoms with van der Waals surface area (Å²) in [6.45, 7) is 0. The number of nitrogens with zero attached hydrogens (tertiary/aromatic N) is 2. The van der Waals surface area contributed by atoms with E-state index in [4.69, 9.17) is 0 Å². The molecule has 2 aliphatic heterocycles. The molecule has 8 rings (SSSR count). The fourth-order valence-corrected chi connectivity index (χ4v) is 11.7. The largest absolute Gasteiger partial charge is 0.292 e. The van der Waals surface area contributed by atoms with Crippen LogP contribution in [-0.4, -0.2) is 33.5 Å². The van der Waals surface area contributed by atoms with Crippen LogP contribution in [0.25, 0.3) is 22.3 Å². The number of rotatable bonds is 3. The third kappa shape index (κ3) is 4.26. The molecule has 0 aromatic heterocycles. The molecule has 2 nitrogen and oxygen atoms in total. The van der Waals surface area contributed by atoms with Gasteiger partial charge in [0.05, 0.1) is 11.6 Å². The molecule has 0 bridgehead atoms. The molecular weight excluding hydrogens is 504 g/mol. The molecule has 3 saturated carbocycles. The van der Waals surface area contributed by atoms with Crippen molar-refractivity contribution in [3.05, 3.63) is 83.9 Å². The number of benzene rings is 3. The van der Waals surface area contributed by atoms with E-state index in [9.17, 15) is 5.26 Å². The van der Waals surface area contributed by atoms with Gasteiger partial charge in [-0.1, -0.05) is 80.3 Å². The van der Waals surface area contributed by atoms with Crippen LogP contribution >= 0.6 is 11.8 Å². The van der Waals surface area contributed by atoms with Crippen molar-refractivity contribution in [3.8, 4) is 28.3 Å². The lowest BCUT2D eigenvalue weighted by molar-refractivity contribution is 0.0604. The molecular formula is C37H40N2S. The van der Waals surface area contributed by atoms with Gasteiger partial charge in [0.2, 0.25) is 0 Å². The zero-order chi connectivity index (χ0) is 26.6. The Morgan fingerprint density at radius 2 is 1.40 bits per heavy atom. The van der Waals surface area contributed by atoms with E-state index in [-0.39, 0.29) is 0 Å². The summed E-state index contributed by atoms with van der Waals surface area (Å²) >= 11 is 2.42. The van der Waals surface area contributed by atoms with E-state index in [1.165, 1.54) is 80.9 Å². The van der Waals surface area contributed by atoms with E-state index in [2.05, 4.69) is 89.5 Å². The van der Waals surface area contributed by atoms with Gasteiger partial charge >= 0.3 is 0 Å². The Hall–Kier alpha value is -2.54. The second-order valence-corrected chi connectivity index (χ2v) is 14.7. The molecule has 2 saturated heterocycles. The predicted octanol–water partition coefficient (Wildman–Crippen LogP) is 9.06. The maximum atomic E-state index is 9.83. The lowest BCUT2D eigenvalue weighted by atomic mass is 9.68. The first-order valence-corrected chi connectivity index (χ1v) is 16.8. The maximum absolute atomic E-state index is 9.83. The molecule has 5 fully saturated rings. The molecule has 3 heteroatoms. The fourth-order valence-electron chi connectivity index (χ4n) is 9.64. The van der Waals surface area contributed by atoms with Gasteiger partial charge in [-0.2, -0.15) is 17.0 Å². The maximum Gasteiger partial charge on any atom is 0.0992 e. The Bertz CT molecular complexity index is 1430. The minimum atomic E-state index is 0.647. The van der Waals surface area contributed by atoms with Crippen molar-refractivity contribution in [2.75, 3.05) is 0 Å². The van der Waals surface area contributed by atoms with Gasteiger partial charge in [0.15, 0.2) is 0 Å². The van der Waals surface area contributed by atoms with Crippen LogP contribution in [0.3, 0.4) is 0 Å². The quantitative estimate of drug-likeness (QED) is 0.329. The smallest absolute Gasteiger partial charge is 0.0992 e. The van der Waals surface area contributed by atoms with Crippen LogP contribution in [0.15, 0.2) is 72.8 Å². The van der Waals surface area contributed by atoms with Gasteiger partial charge in [-0.15, -0.1) is 0 Å². The molecule has 8 atom stereocenters. The normalized spacial score (nSPS) is 34.8. The lowest BCUT2D eigenvalue weighted by Crippen LogP contribution is -2.59. The number of fused-ring (bicyclic) bond motifs is 5. The van der Waals surface area contributed by atoms with Gasteiger partial charge in [-0.05, 0) is 102 Å². The van der Waals surface area contributed by atoms with Crippen molar-refractivity contribution in [1.82, 2.24) is 4.90 Å². The molecule has 40 heavy (non-hydrogen) atoms. The first-order chi connectivity index (χ1) is 19.8. The fraction of sp³-hybridized carbons (Fsp3) is 0.486. The second-order valence-electron chi connectivity index (χ2n) is 13.3. The molecule has 3 aliphatic carbocycles. The molecule has 0 amide bonds. The molecule has 5 aliphatic rings. The summed E-state index contributed by atoms with van der Waals surface area (Å²) in [4.78, 5) is 3.17. The van der Waals surface area contributed by atoms with Gasteiger partial charge in [0.1, 0.15) is 0 Å². The highest BCUT2D eigenvalue weighted by atomic mass is 32.2. The van der Waals surface area contributed by atoms with Crippen molar-refractivity contribution >= 4 is 11.8 Å². The van der Waals surface area contributed by atoms with E-state index < -0.39 is 0 Å². The summed E-state index contributed by atoms with van der Waals surface area (Å²) in [5.41, 5.74) is 6.95. The molecule has 3 aromatic rings. The van der Waals surface area contributed by atoms with Crippen molar-refractivity contribution in [2.24, 2.45) is 11.8 Å². The van der Waals surface area contributed by atoms with Crippen molar-refractivity contribution < 1.29 is 0 Å². The Morgan fingerprint density at radius 3 is 2.25 bits per heavy atom. The van der Waals surface area contributed by atoms with E-state index in [0.29, 0.717) is 5.92 Å². The summed E-state index contributed by atoms with van der Waals surface area (Å²) in [6.07, 6.45) is 14.3. The SMILES string of the molecule is N#Cc1cc(-c2ccccc2)cc(-c2cccc(C3CC4SC5CCCCC5N5C6CCCCC6C(C3)C45)c2)c1. The van der Waals surface area contributed by atoms with Crippen LogP contribution in [0, 0.1) is 23.2 Å². The van der Waals surface area contributed by atoms with Crippen LogP contribution in [0.2, 0.25) is 0 Å². The summed E-state index contributed by atoms with van der Waals surface area (Å²) in [5, 5.41) is 11.5. The summed E-state index contributed by atoms with van der Waals surface area (Å²) < 4.78 is 0. The van der Waals surface area contributed by atoms with E-state index >= 15 is 0 Å². The van der Waals surface area contributed by atoms with Crippen LogP contribution in [0.1, 0.15) is 81.3 Å². The topological polar surface area (TPSA) is 27.0 Å². The molecule has 2 heterocycles. The minimum Gasteiger partial charge on any atom is -0.292 e. The van der Waals surface area contributed by atoms with Crippen LogP contribution in [0.5, 0.6) is 0 Å². The molecule has 0 spiro atoms. The Balaban J connectivity index is 1.13. The summed E-state index contributed by atoms with van der Waals surface area (Å²) in [6, 6.07) is 31.2. The van der Waals surface area contributed by atoms with Crippen LogP contribution in [0.4, 0.5) is 0 Å². The van der Waals surface area contributed by atoms with E-state index in [1.807, 2.05) is 6.07 Å². The third-order valence-corrected chi connectivity index (χ3v) is 12.9. The minimum absolute atomic E-state index is 0.647. The number of hydrogen-bond acceptors (Lipinski definition) is 3. The number of hydrogen-bond donors (Lipinski definition) is 0. The predicted molar refractivity (Wildman–Crippen MR) is 166 cm³/mol. The first-order valence-electron chi connectivity index (χ1n) is 15.9. The Morgan fingerprint density at radius 1 is 0.650 bits per heavy atom. The average Bonchev–Trinajstić information content (AvgIpc) is 3.37. The molecule has 3 aromatic carbocycles. The summed E-state index contributed by atoms with van der Waals surface area (Å²) in [7, 11) is 0. The second kappa shape index (κ2) is 10.4. The molecule has 204 valence electrons. The van der Waals surface area contributed by atoms with Crippen LogP contribution < -0.4 is 0 Å². The van der Waals surface area contributed by atoms with Crippen molar-refractivity contribution in [1.29, 1.82) is 5.26 Å². The van der Waals surface area contributed by atoms with Gasteiger partial charge in [0.25, 0.3) is 0 Å². The monoisotopic (exact) mass is 544 g/mol. The lowest BCUT2D eigenvalue weighted by Gasteiger charge is -2.54. The molecule has 0 radical (unpaired) electrons. The number of nitriles is 1. The van der Waals surface area contributed by atoms with E-state index in [1.54, 1.807) is 0 Å². The molecule has 8 unspecified atom stereocenters. The van der Waals surface area contributed by atoms with E-state index in [0.717, 1.165) is 57.2 Å². The highest BCUT2D eigenvalue weighted by Gasteiger charge is 2.60. The van der Waals surface area contributed by atoms with Gasteiger partial charge in [-0.25, -0.2) is 0 Å². The van der Waals surface area contributed by atoms with Crippen molar-refractivity contribution in [2.45, 2.75) is 98.8 Å². The Kier molecular flexibility index (Phi) is 6.54. The average molecular weight is 545 g/mol. The molecule has 0 N–H and O–H groups in total. The third-order valence-electron chi connectivity index (χ3n) is 11.2. The van der Waals surface area contributed by atoms with Gasteiger partial charge < -0.3 is 0 Å². The van der Waals surface area contributed by atoms with Gasteiger partial charge in [-0.3, -0.25) is 4.90 Å². The van der Waals surface area contributed by atoms with Gasteiger partial charge in [0, 0.05) is 28.6 Å².